The van der Waals surface area contributed by atoms with Gasteiger partial charge in [-0.05, 0) is 42.9 Å². The minimum atomic E-state index is -0.322. The van der Waals surface area contributed by atoms with Crippen LogP contribution in [0.15, 0.2) is 24.3 Å². The summed E-state index contributed by atoms with van der Waals surface area (Å²) >= 11 is 0. The van der Waals surface area contributed by atoms with Crippen molar-refractivity contribution in [2.24, 2.45) is 5.92 Å². The summed E-state index contributed by atoms with van der Waals surface area (Å²) < 4.78 is 13.5. The molecule has 5 nitrogen and oxygen atoms in total. The van der Waals surface area contributed by atoms with Crippen LogP contribution in [0.3, 0.4) is 0 Å². The lowest BCUT2D eigenvalue weighted by Crippen LogP contribution is -2.54. The molecule has 0 unspecified atom stereocenters. The van der Waals surface area contributed by atoms with Gasteiger partial charge in [-0.2, -0.15) is 0 Å². The van der Waals surface area contributed by atoms with Crippen molar-refractivity contribution < 1.29 is 14.0 Å². The van der Waals surface area contributed by atoms with E-state index in [4.69, 9.17) is 0 Å². The minimum Gasteiger partial charge on any atom is -0.354 e. The lowest BCUT2D eigenvalue weighted by atomic mass is 9.77. The number of halogens is 1. The molecule has 172 valence electrons. The highest BCUT2D eigenvalue weighted by atomic mass is 19.1. The first-order chi connectivity index (χ1) is 14.9. The first-order valence-corrected chi connectivity index (χ1v) is 11.9. The highest BCUT2D eigenvalue weighted by Crippen LogP contribution is 2.37. The van der Waals surface area contributed by atoms with E-state index in [1.807, 2.05) is 4.90 Å². The summed E-state index contributed by atoms with van der Waals surface area (Å²) in [7, 11) is 0. The maximum Gasteiger partial charge on any atom is 0.227 e. The van der Waals surface area contributed by atoms with Crippen LogP contribution in [-0.2, 0) is 16.0 Å². The van der Waals surface area contributed by atoms with E-state index in [1.165, 1.54) is 31.4 Å². The van der Waals surface area contributed by atoms with Gasteiger partial charge in [0.05, 0.1) is 6.42 Å². The zero-order valence-electron chi connectivity index (χ0n) is 19.2. The lowest BCUT2D eigenvalue weighted by molar-refractivity contribution is -0.131. The van der Waals surface area contributed by atoms with Crippen molar-refractivity contribution in [2.75, 3.05) is 32.7 Å². The molecule has 0 atom stereocenters. The highest BCUT2D eigenvalue weighted by Gasteiger charge is 2.40. The Hall–Kier alpha value is -1.95. The molecule has 1 aromatic carbocycles. The molecular weight excluding hydrogens is 393 g/mol. The van der Waals surface area contributed by atoms with Crippen molar-refractivity contribution >= 4 is 11.8 Å². The molecule has 1 heterocycles. The molecule has 1 aliphatic carbocycles. The number of rotatable bonds is 4. The molecule has 1 saturated heterocycles. The van der Waals surface area contributed by atoms with Crippen LogP contribution >= 0.6 is 0 Å². The molecule has 0 aromatic heterocycles. The maximum atomic E-state index is 13.5. The van der Waals surface area contributed by atoms with Crippen LogP contribution in [0.2, 0.25) is 0 Å². The van der Waals surface area contributed by atoms with Crippen LogP contribution in [0.25, 0.3) is 0 Å². The standard InChI is InChI=1S/C25H38FN3O2/c1-20(2)19-29-14-7-13-28(24(31)17-21-8-6-9-22(26)16-21)15-12-27-23(30)18-25(29)10-4-3-5-11-25/h6,8-9,16,20H,3-5,7,10-15,17-19H2,1-2H3,(H,27,30). The smallest absolute Gasteiger partial charge is 0.227 e. The van der Waals surface area contributed by atoms with Gasteiger partial charge in [-0.25, -0.2) is 4.39 Å². The van der Waals surface area contributed by atoms with E-state index in [0.29, 0.717) is 37.5 Å². The van der Waals surface area contributed by atoms with Crippen LogP contribution in [0.5, 0.6) is 0 Å². The summed E-state index contributed by atoms with van der Waals surface area (Å²) in [4.78, 5) is 30.2. The third kappa shape index (κ3) is 6.76. The highest BCUT2D eigenvalue weighted by molar-refractivity contribution is 5.79. The van der Waals surface area contributed by atoms with Crippen molar-refractivity contribution in [1.82, 2.24) is 15.1 Å². The second kappa shape index (κ2) is 11.1. The molecule has 2 amide bonds. The fourth-order valence-electron chi connectivity index (χ4n) is 5.22. The summed E-state index contributed by atoms with van der Waals surface area (Å²) in [5, 5.41) is 3.06. The monoisotopic (exact) mass is 431 g/mol. The second-order valence-electron chi connectivity index (χ2n) is 9.69. The lowest BCUT2D eigenvalue weighted by Gasteiger charge is -2.47. The van der Waals surface area contributed by atoms with Crippen molar-refractivity contribution in [2.45, 2.75) is 70.8 Å². The number of nitrogens with one attached hydrogen (secondary N) is 1. The molecule has 1 N–H and O–H groups in total. The predicted octanol–water partition coefficient (Wildman–Crippen LogP) is 3.77. The first kappa shape index (κ1) is 23.7. The van der Waals surface area contributed by atoms with E-state index in [2.05, 4.69) is 24.1 Å². The van der Waals surface area contributed by atoms with E-state index < -0.39 is 0 Å². The molecule has 2 aliphatic rings. The van der Waals surface area contributed by atoms with Crippen LogP contribution in [0, 0.1) is 11.7 Å². The van der Waals surface area contributed by atoms with Gasteiger partial charge in [-0.1, -0.05) is 45.2 Å². The summed E-state index contributed by atoms with van der Waals surface area (Å²) in [6.45, 7) is 7.96. The van der Waals surface area contributed by atoms with Crippen molar-refractivity contribution in [3.8, 4) is 0 Å². The molecule has 2 fully saturated rings. The quantitative estimate of drug-likeness (QED) is 0.790. The van der Waals surface area contributed by atoms with E-state index in [-0.39, 0.29) is 29.6 Å². The molecule has 0 radical (unpaired) electrons. The molecule has 1 aliphatic heterocycles. The third-order valence-electron chi connectivity index (χ3n) is 6.69. The number of hydrogen-bond acceptors (Lipinski definition) is 3. The van der Waals surface area contributed by atoms with Gasteiger partial charge >= 0.3 is 0 Å². The zero-order chi connectivity index (χ0) is 22.3. The fraction of sp³-hybridized carbons (Fsp3) is 0.680. The average Bonchev–Trinajstić information content (AvgIpc) is 2.74. The van der Waals surface area contributed by atoms with E-state index in [1.54, 1.807) is 12.1 Å². The molecule has 1 saturated carbocycles. The SMILES string of the molecule is CC(C)CN1CCCN(C(=O)Cc2cccc(F)c2)CCNC(=O)CC12CCCCC2. The first-order valence-electron chi connectivity index (χ1n) is 11.9. The van der Waals surface area contributed by atoms with E-state index in [0.717, 1.165) is 32.4 Å². The summed E-state index contributed by atoms with van der Waals surface area (Å²) in [6.07, 6.45) is 7.39. The number of benzene rings is 1. The molecule has 6 heteroatoms. The van der Waals surface area contributed by atoms with E-state index in [9.17, 15) is 14.0 Å². The van der Waals surface area contributed by atoms with Gasteiger partial charge < -0.3 is 10.2 Å². The maximum absolute atomic E-state index is 13.5. The van der Waals surface area contributed by atoms with Crippen LogP contribution < -0.4 is 5.32 Å². The third-order valence-corrected chi connectivity index (χ3v) is 6.69. The van der Waals surface area contributed by atoms with Crippen LogP contribution in [-0.4, -0.2) is 59.9 Å². The van der Waals surface area contributed by atoms with Gasteiger partial charge in [0, 0.05) is 44.7 Å². The number of carbonyl (C=O) groups is 2. The Labute approximate surface area is 186 Å². The van der Waals surface area contributed by atoms with Gasteiger partial charge in [-0.3, -0.25) is 14.5 Å². The molecule has 31 heavy (non-hydrogen) atoms. The van der Waals surface area contributed by atoms with Gasteiger partial charge in [0.15, 0.2) is 0 Å². The summed E-state index contributed by atoms with van der Waals surface area (Å²) in [5.41, 5.74) is 0.638. The van der Waals surface area contributed by atoms with Crippen molar-refractivity contribution in [3.63, 3.8) is 0 Å². The summed E-state index contributed by atoms with van der Waals surface area (Å²) in [5.74, 6) is 0.284. The second-order valence-corrected chi connectivity index (χ2v) is 9.69. The predicted molar refractivity (Wildman–Crippen MR) is 121 cm³/mol. The van der Waals surface area contributed by atoms with Crippen molar-refractivity contribution in [3.05, 3.63) is 35.6 Å². The molecule has 0 bridgehead atoms. The van der Waals surface area contributed by atoms with Gasteiger partial charge in [-0.15, -0.1) is 0 Å². The van der Waals surface area contributed by atoms with E-state index >= 15 is 0 Å². The molecule has 1 spiro atoms. The topological polar surface area (TPSA) is 52.6 Å². The minimum absolute atomic E-state index is 0.0121. The number of carbonyl (C=O) groups excluding carboxylic acids is 2. The Morgan fingerprint density at radius 2 is 1.90 bits per heavy atom. The fourth-order valence-corrected chi connectivity index (χ4v) is 5.22. The Kier molecular flexibility index (Phi) is 8.47. The van der Waals surface area contributed by atoms with Crippen LogP contribution in [0.1, 0.15) is 64.4 Å². The normalized spacial score (nSPS) is 21.0. The number of hydrogen-bond donors (Lipinski definition) is 1. The largest absolute Gasteiger partial charge is 0.354 e. The van der Waals surface area contributed by atoms with Gasteiger partial charge in [0.25, 0.3) is 0 Å². The number of amides is 2. The molecule has 1 aromatic rings. The molecular formula is C25H38FN3O2. The van der Waals surface area contributed by atoms with Gasteiger partial charge in [0.2, 0.25) is 11.8 Å². The average molecular weight is 432 g/mol. The summed E-state index contributed by atoms with van der Waals surface area (Å²) in [6, 6.07) is 6.23. The molecule has 3 rings (SSSR count). The number of nitrogens with zero attached hydrogens (tertiary/aromatic N) is 2. The Morgan fingerprint density at radius 3 is 2.61 bits per heavy atom. The Balaban J connectivity index is 1.72. The Bertz CT molecular complexity index is 746. The van der Waals surface area contributed by atoms with Crippen LogP contribution in [0.4, 0.5) is 4.39 Å². The Morgan fingerprint density at radius 1 is 1.13 bits per heavy atom. The van der Waals surface area contributed by atoms with Crippen molar-refractivity contribution in [1.29, 1.82) is 0 Å². The zero-order valence-corrected chi connectivity index (χ0v) is 19.2. The van der Waals surface area contributed by atoms with Gasteiger partial charge in [0.1, 0.15) is 5.82 Å².